The molecule has 4 aromatic carbocycles. The van der Waals surface area contributed by atoms with E-state index in [1.165, 1.54) is 47.6 Å². The number of carboxylic acid groups (broad SMARTS) is 2. The molecule has 8 rings (SSSR count). The summed E-state index contributed by atoms with van der Waals surface area (Å²) in [6.45, 7) is 0. The number of hydrogen-bond donors (Lipinski definition) is 0. The first-order valence-corrected chi connectivity index (χ1v) is 18.8. The molecule has 0 aliphatic heterocycles. The van der Waals surface area contributed by atoms with E-state index in [1.807, 2.05) is 33.4 Å². The van der Waals surface area contributed by atoms with Crippen LogP contribution in [-0.2, 0) is 9.59 Å². The van der Waals surface area contributed by atoms with Gasteiger partial charge in [0.05, 0.1) is 23.3 Å². The fourth-order valence-corrected chi connectivity index (χ4v) is 8.28. The first kappa shape index (κ1) is 36.3. The normalized spacial score (nSPS) is 13.9. The summed E-state index contributed by atoms with van der Waals surface area (Å²) in [7, 11) is 0. The Morgan fingerprint density at radius 1 is 0.612 bits per heavy atom. The molecule has 6 aromatic rings. The third-order valence-electron chi connectivity index (χ3n) is 8.21. The van der Waals surface area contributed by atoms with E-state index in [2.05, 4.69) is 101 Å². The third-order valence-corrected chi connectivity index (χ3v) is 11.0. The number of nitrogens with zero attached hydrogens (tertiary/aromatic N) is 6. The summed E-state index contributed by atoms with van der Waals surface area (Å²) < 4.78 is 4.78. The van der Waals surface area contributed by atoms with Crippen molar-refractivity contribution in [1.29, 1.82) is 0 Å². The maximum absolute atomic E-state index is 10.8. The van der Waals surface area contributed by atoms with Gasteiger partial charge in [-0.05, 0) is 103 Å². The largest absolute Gasteiger partial charge is 2.00 e. The molecule has 0 bridgehead atoms. The zero-order valence-electron chi connectivity index (χ0n) is 25.9. The zero-order valence-corrected chi connectivity index (χ0v) is 32.9. The number of carbonyl (C=O) groups is 2. The van der Waals surface area contributed by atoms with Crippen LogP contribution in [0.4, 0.5) is 0 Å². The maximum atomic E-state index is 10.8. The molecule has 2 aliphatic carbocycles. The minimum absolute atomic E-state index is 0. The molecule has 0 N–H and O–H groups in total. The van der Waals surface area contributed by atoms with Crippen LogP contribution in [-0.4, -0.2) is 90.7 Å². The van der Waals surface area contributed by atoms with Crippen molar-refractivity contribution in [2.45, 2.75) is 47.8 Å². The van der Waals surface area contributed by atoms with Gasteiger partial charge in [-0.2, -0.15) is 0 Å². The molecule has 0 radical (unpaired) electrons. The van der Waals surface area contributed by atoms with Crippen molar-refractivity contribution in [3.8, 4) is 11.4 Å². The van der Waals surface area contributed by atoms with Gasteiger partial charge < -0.3 is 19.8 Å². The molecule has 2 aromatic heterocycles. The average molecular weight is 847 g/mol. The van der Waals surface area contributed by atoms with E-state index in [0.717, 1.165) is 45.7 Å². The monoisotopic (exact) mass is 844 g/mol. The first-order chi connectivity index (χ1) is 23.3. The molecular formula is C34H26Br2CaN6O4S2. The number of fused-ring (bicyclic) bond motifs is 2. The minimum atomic E-state index is -1.13. The Bertz CT molecular complexity index is 2030. The fourth-order valence-electron chi connectivity index (χ4n) is 5.85. The average Bonchev–Trinajstić information content (AvgIpc) is 4.03. The Hall–Kier alpha value is -2.46. The number of benzene rings is 4. The molecule has 10 nitrogen and oxygen atoms in total. The SMILES string of the molecule is O=C([O-])CSc1nnc(Br)n1-c1ccc(C2CC2)c2ccccc12.O=C([O-])CSc1nnc(Br)n1-c1ccc(C2CC2)c2ccccc12.[Ca+2]. The van der Waals surface area contributed by atoms with Gasteiger partial charge in [-0.15, -0.1) is 20.4 Å². The summed E-state index contributed by atoms with van der Waals surface area (Å²) in [6.07, 6.45) is 4.97. The van der Waals surface area contributed by atoms with E-state index in [-0.39, 0.29) is 49.2 Å². The second kappa shape index (κ2) is 15.8. The van der Waals surface area contributed by atoms with Crippen molar-refractivity contribution in [3.63, 3.8) is 0 Å². The van der Waals surface area contributed by atoms with Crippen LogP contribution in [0, 0.1) is 0 Å². The standard InChI is InChI=1S/2C17H14BrN3O2S.Ca/c2*18-16-19-20-17(24-9-15(22)23)21(16)14-8-7-11(10-5-6-10)12-3-1-2-4-13(12)14;/h2*1-4,7-8,10H,5-6,9H2,(H,22,23);/q;;+2/p-2. The second-order valence-electron chi connectivity index (χ2n) is 11.5. The van der Waals surface area contributed by atoms with Gasteiger partial charge in [0.1, 0.15) is 0 Å². The van der Waals surface area contributed by atoms with Crippen LogP contribution in [0.25, 0.3) is 32.9 Å². The van der Waals surface area contributed by atoms with Gasteiger partial charge in [0, 0.05) is 22.3 Å². The maximum Gasteiger partial charge on any atom is 2.00 e. The molecule has 0 saturated heterocycles. The van der Waals surface area contributed by atoms with E-state index < -0.39 is 11.9 Å². The van der Waals surface area contributed by atoms with Gasteiger partial charge >= 0.3 is 37.7 Å². The van der Waals surface area contributed by atoms with E-state index in [0.29, 0.717) is 31.6 Å². The van der Waals surface area contributed by atoms with Gasteiger partial charge in [0.25, 0.3) is 0 Å². The Morgan fingerprint density at radius 2 is 0.980 bits per heavy atom. The summed E-state index contributed by atoms with van der Waals surface area (Å²) in [5, 5.41) is 43.5. The number of hydrogen-bond acceptors (Lipinski definition) is 10. The quantitative estimate of drug-likeness (QED) is 0.130. The number of thioether (sulfide) groups is 2. The molecule has 2 heterocycles. The molecule has 0 unspecified atom stereocenters. The van der Waals surface area contributed by atoms with Crippen LogP contribution >= 0.6 is 55.4 Å². The Labute approximate surface area is 336 Å². The van der Waals surface area contributed by atoms with Crippen molar-refractivity contribution >= 4 is 127 Å². The molecule has 15 heteroatoms. The number of rotatable bonds is 10. The third kappa shape index (κ3) is 8.05. The van der Waals surface area contributed by atoms with E-state index in [9.17, 15) is 19.8 Å². The van der Waals surface area contributed by atoms with E-state index in [4.69, 9.17) is 0 Å². The van der Waals surface area contributed by atoms with Gasteiger partial charge in [0.15, 0.2) is 10.3 Å². The van der Waals surface area contributed by atoms with Crippen LogP contribution in [0.5, 0.6) is 0 Å². The predicted octanol–water partition coefficient (Wildman–Crippen LogP) is 5.42. The zero-order chi connectivity index (χ0) is 33.4. The van der Waals surface area contributed by atoms with Gasteiger partial charge in [0.2, 0.25) is 9.47 Å². The Morgan fingerprint density at radius 3 is 1.33 bits per heavy atom. The molecule has 0 atom stereocenters. The summed E-state index contributed by atoms with van der Waals surface area (Å²) in [4.78, 5) is 21.5. The van der Waals surface area contributed by atoms with Crippen LogP contribution in [0.15, 0.2) is 92.6 Å². The molecule has 2 aliphatic rings. The Kier molecular flexibility index (Phi) is 11.7. The van der Waals surface area contributed by atoms with E-state index in [1.54, 1.807) is 0 Å². The van der Waals surface area contributed by atoms with Crippen molar-refractivity contribution in [2.24, 2.45) is 0 Å². The number of halogens is 2. The molecule has 244 valence electrons. The summed E-state index contributed by atoms with van der Waals surface area (Å²) in [5.74, 6) is -1.27. The number of aromatic nitrogens is 6. The summed E-state index contributed by atoms with van der Waals surface area (Å²) in [6, 6.07) is 25.0. The van der Waals surface area contributed by atoms with Crippen LogP contribution in [0.2, 0.25) is 0 Å². The van der Waals surface area contributed by atoms with Gasteiger partial charge in [-0.25, -0.2) is 0 Å². The van der Waals surface area contributed by atoms with Crippen molar-refractivity contribution in [2.75, 3.05) is 11.5 Å². The number of aliphatic carboxylic acids is 2. The fraction of sp³-hybridized carbons (Fsp3) is 0.235. The van der Waals surface area contributed by atoms with Crippen LogP contribution in [0.3, 0.4) is 0 Å². The molecule has 49 heavy (non-hydrogen) atoms. The molecular weight excluding hydrogens is 820 g/mol. The van der Waals surface area contributed by atoms with Crippen molar-refractivity contribution < 1.29 is 19.8 Å². The second-order valence-corrected chi connectivity index (χ2v) is 14.8. The first-order valence-electron chi connectivity index (χ1n) is 15.2. The van der Waals surface area contributed by atoms with E-state index >= 15 is 0 Å². The molecule has 2 saturated carbocycles. The van der Waals surface area contributed by atoms with Crippen LogP contribution < -0.4 is 10.2 Å². The molecule has 2 fully saturated rings. The summed E-state index contributed by atoms with van der Waals surface area (Å²) in [5.41, 5.74) is 4.63. The van der Waals surface area contributed by atoms with Crippen LogP contribution in [0.1, 0.15) is 48.6 Å². The number of carboxylic acids is 2. The van der Waals surface area contributed by atoms with Crippen molar-refractivity contribution in [3.05, 3.63) is 93.4 Å². The minimum Gasteiger partial charge on any atom is -0.549 e. The van der Waals surface area contributed by atoms with Crippen molar-refractivity contribution in [1.82, 2.24) is 29.5 Å². The Balaban J connectivity index is 0.000000167. The molecule has 0 spiro atoms. The molecule has 0 amide bonds. The topological polar surface area (TPSA) is 142 Å². The van der Waals surface area contributed by atoms with Gasteiger partial charge in [-0.3, -0.25) is 9.13 Å². The van der Waals surface area contributed by atoms with Gasteiger partial charge in [-0.1, -0.05) is 84.2 Å². The predicted molar refractivity (Wildman–Crippen MR) is 194 cm³/mol. The smallest absolute Gasteiger partial charge is 0.549 e. The summed E-state index contributed by atoms with van der Waals surface area (Å²) >= 11 is 9.04. The number of carbonyl (C=O) groups excluding carboxylic acids is 2.